The number of hydrogen-bond donors (Lipinski definition) is 2. The minimum atomic E-state index is 0.0522. The molecule has 2 unspecified atom stereocenters. The van der Waals surface area contributed by atoms with Crippen LogP contribution in [-0.2, 0) is 0 Å². The Bertz CT molecular complexity index is 781. The Morgan fingerprint density at radius 1 is 0.517 bits per heavy atom. The number of nitrogens with one attached hydrogen (secondary N) is 2. The Balaban J connectivity index is 1.92. The molecule has 0 saturated heterocycles. The zero-order valence-electron chi connectivity index (χ0n) is 18.0. The molecule has 2 nitrogen and oxygen atoms in total. The van der Waals surface area contributed by atoms with Gasteiger partial charge in [-0.25, -0.2) is 0 Å². The molecule has 3 aromatic rings. The van der Waals surface area contributed by atoms with Gasteiger partial charge in [-0.1, -0.05) is 119 Å². The fraction of sp³-hybridized carbons (Fsp3) is 0.308. The lowest BCUT2D eigenvalue weighted by Gasteiger charge is -2.32. The Hall–Kier alpha value is -2.36. The van der Waals surface area contributed by atoms with Crippen LogP contribution in [-0.4, -0.2) is 6.98 Å². The van der Waals surface area contributed by atoms with Gasteiger partial charge < -0.3 is 10.5 Å². The average Bonchev–Trinajstić information content (AvgIpc) is 2.75. The van der Waals surface area contributed by atoms with Crippen molar-refractivity contribution in [2.45, 2.75) is 39.8 Å². The summed E-state index contributed by atoms with van der Waals surface area (Å²) >= 11 is 0. The molecule has 0 saturated carbocycles. The summed E-state index contributed by atoms with van der Waals surface area (Å²) in [6, 6.07) is 32.8. The van der Waals surface area contributed by atoms with Crippen LogP contribution >= 0.6 is 0 Å². The van der Waals surface area contributed by atoms with Gasteiger partial charge in [0.25, 0.3) is 0 Å². The van der Waals surface area contributed by atoms with Crippen LogP contribution in [0.15, 0.2) is 91.0 Å². The van der Waals surface area contributed by atoms with Crippen LogP contribution in [0.4, 0.5) is 0 Å². The van der Waals surface area contributed by atoms with Gasteiger partial charge in [0.05, 0.1) is 0 Å². The highest BCUT2D eigenvalue weighted by Gasteiger charge is 2.28. The largest absolute Gasteiger partial charge is 0.341 e. The van der Waals surface area contributed by atoms with Crippen LogP contribution in [0.25, 0.3) is 0 Å². The fourth-order valence-electron chi connectivity index (χ4n) is 3.91. The standard InChI is InChI=1S/C26H33BN2/c1-20(2)25(22-14-8-5-9-15-22)28-27(24-18-12-7-13-19-24)29-26(21(3)4)23-16-10-6-11-17-23/h5-21,25-26,28-29H,1-4H3. The second-order valence-corrected chi connectivity index (χ2v) is 8.44. The highest BCUT2D eigenvalue weighted by Crippen LogP contribution is 2.24. The molecule has 29 heavy (non-hydrogen) atoms. The first-order valence-electron chi connectivity index (χ1n) is 10.7. The van der Waals surface area contributed by atoms with Gasteiger partial charge in [-0.3, -0.25) is 0 Å². The molecule has 0 aliphatic rings. The predicted molar refractivity (Wildman–Crippen MR) is 126 cm³/mol. The van der Waals surface area contributed by atoms with Crippen molar-refractivity contribution in [3.63, 3.8) is 0 Å². The van der Waals surface area contributed by atoms with Crippen molar-refractivity contribution >= 4 is 12.4 Å². The third-order valence-corrected chi connectivity index (χ3v) is 5.48. The Morgan fingerprint density at radius 2 is 0.862 bits per heavy atom. The summed E-state index contributed by atoms with van der Waals surface area (Å²) < 4.78 is 0. The maximum absolute atomic E-state index is 3.93. The van der Waals surface area contributed by atoms with E-state index in [2.05, 4.69) is 129 Å². The number of benzene rings is 3. The minimum absolute atomic E-state index is 0.0522. The average molecular weight is 384 g/mol. The van der Waals surface area contributed by atoms with Crippen LogP contribution < -0.4 is 15.9 Å². The van der Waals surface area contributed by atoms with Crippen molar-refractivity contribution in [2.24, 2.45) is 11.8 Å². The number of hydrogen-bond acceptors (Lipinski definition) is 2. The monoisotopic (exact) mass is 384 g/mol. The van der Waals surface area contributed by atoms with E-state index < -0.39 is 0 Å². The van der Waals surface area contributed by atoms with Gasteiger partial charge in [-0.2, -0.15) is 0 Å². The van der Waals surface area contributed by atoms with Gasteiger partial charge in [-0.15, -0.1) is 0 Å². The lowest BCUT2D eigenvalue weighted by Crippen LogP contribution is -2.59. The first kappa shape index (κ1) is 21.4. The molecule has 0 aliphatic carbocycles. The van der Waals surface area contributed by atoms with Crippen LogP contribution in [0.5, 0.6) is 0 Å². The molecular weight excluding hydrogens is 351 g/mol. The first-order chi connectivity index (χ1) is 14.1. The van der Waals surface area contributed by atoms with Crippen LogP contribution in [0, 0.1) is 11.8 Å². The third kappa shape index (κ3) is 5.82. The predicted octanol–water partition coefficient (Wildman–Crippen LogP) is 5.36. The summed E-state index contributed by atoms with van der Waals surface area (Å²) in [6.45, 7) is 9.18. The molecule has 0 aromatic heterocycles. The van der Waals surface area contributed by atoms with Gasteiger partial charge in [0.15, 0.2) is 0 Å². The summed E-state index contributed by atoms with van der Waals surface area (Å²) in [5, 5.41) is 7.86. The first-order valence-corrected chi connectivity index (χ1v) is 10.7. The van der Waals surface area contributed by atoms with E-state index in [9.17, 15) is 0 Å². The van der Waals surface area contributed by atoms with E-state index in [1.54, 1.807) is 0 Å². The van der Waals surface area contributed by atoms with Crippen LogP contribution in [0.2, 0.25) is 0 Å². The van der Waals surface area contributed by atoms with E-state index in [-0.39, 0.29) is 19.1 Å². The summed E-state index contributed by atoms with van der Waals surface area (Å²) in [5.41, 5.74) is 3.91. The van der Waals surface area contributed by atoms with E-state index in [0.29, 0.717) is 11.8 Å². The van der Waals surface area contributed by atoms with Gasteiger partial charge in [0, 0.05) is 12.1 Å². The molecule has 0 bridgehead atoms. The summed E-state index contributed by atoms with van der Waals surface area (Å²) in [5.74, 6) is 0.944. The van der Waals surface area contributed by atoms with E-state index in [4.69, 9.17) is 0 Å². The molecule has 0 amide bonds. The van der Waals surface area contributed by atoms with Crippen molar-refractivity contribution in [1.82, 2.24) is 10.5 Å². The van der Waals surface area contributed by atoms with Crippen molar-refractivity contribution < 1.29 is 0 Å². The summed E-state index contributed by atoms with van der Waals surface area (Å²) in [4.78, 5) is 0. The van der Waals surface area contributed by atoms with Crippen molar-refractivity contribution in [3.8, 4) is 0 Å². The van der Waals surface area contributed by atoms with E-state index in [1.807, 2.05) is 0 Å². The normalized spacial score (nSPS) is 13.4. The molecule has 3 heteroatoms. The zero-order valence-corrected chi connectivity index (χ0v) is 18.0. The Kier molecular flexibility index (Phi) is 7.68. The highest BCUT2D eigenvalue weighted by molar-refractivity contribution is 6.68. The molecule has 3 rings (SSSR count). The maximum atomic E-state index is 3.93. The highest BCUT2D eigenvalue weighted by atomic mass is 15.0. The lowest BCUT2D eigenvalue weighted by molar-refractivity contribution is 0.449. The minimum Gasteiger partial charge on any atom is -0.331 e. The second kappa shape index (κ2) is 10.4. The Labute approximate surface area is 176 Å². The summed E-state index contributed by atoms with van der Waals surface area (Å²) in [7, 11) is 0. The van der Waals surface area contributed by atoms with Gasteiger partial charge in [0.1, 0.15) is 0 Å². The molecule has 0 spiro atoms. The topological polar surface area (TPSA) is 24.1 Å². The molecule has 0 radical (unpaired) electrons. The summed E-state index contributed by atoms with van der Waals surface area (Å²) in [6.07, 6.45) is 0. The van der Waals surface area contributed by atoms with Gasteiger partial charge in [-0.05, 0) is 28.4 Å². The van der Waals surface area contributed by atoms with Crippen LogP contribution in [0.1, 0.15) is 50.9 Å². The molecule has 3 aromatic carbocycles. The van der Waals surface area contributed by atoms with Gasteiger partial charge >= 0.3 is 6.98 Å². The SMILES string of the molecule is CC(C)C(NB(NC(c1ccccc1)C(C)C)c1ccccc1)c1ccccc1. The molecule has 0 heterocycles. The van der Waals surface area contributed by atoms with E-state index >= 15 is 0 Å². The lowest BCUT2D eigenvalue weighted by atomic mass is 9.65. The molecule has 150 valence electrons. The molecular formula is C26H33BN2. The third-order valence-electron chi connectivity index (χ3n) is 5.48. The number of rotatable bonds is 9. The van der Waals surface area contributed by atoms with Crippen molar-refractivity contribution in [1.29, 1.82) is 0 Å². The van der Waals surface area contributed by atoms with Crippen LogP contribution in [0.3, 0.4) is 0 Å². The van der Waals surface area contributed by atoms with Gasteiger partial charge in [0.2, 0.25) is 0 Å². The smallest absolute Gasteiger partial charge is 0.331 e. The molecule has 2 atom stereocenters. The maximum Gasteiger partial charge on any atom is 0.341 e. The van der Waals surface area contributed by atoms with E-state index in [1.165, 1.54) is 16.6 Å². The van der Waals surface area contributed by atoms with Crippen molar-refractivity contribution in [2.75, 3.05) is 0 Å². The quantitative estimate of drug-likeness (QED) is 0.486. The molecule has 0 aliphatic heterocycles. The zero-order chi connectivity index (χ0) is 20.6. The second-order valence-electron chi connectivity index (χ2n) is 8.44. The Morgan fingerprint density at radius 3 is 1.21 bits per heavy atom. The van der Waals surface area contributed by atoms with Crippen molar-refractivity contribution in [3.05, 3.63) is 102 Å². The molecule has 0 fully saturated rings. The van der Waals surface area contributed by atoms with E-state index in [0.717, 1.165) is 0 Å². The molecule has 2 N–H and O–H groups in total. The fourth-order valence-corrected chi connectivity index (χ4v) is 3.91.